The first-order valence-electron chi connectivity index (χ1n) is 7.90. The van der Waals surface area contributed by atoms with Crippen molar-refractivity contribution >= 4 is 33.8 Å². The van der Waals surface area contributed by atoms with Gasteiger partial charge in [0.2, 0.25) is 11.8 Å². The SMILES string of the molecule is CC(C)(C)OC(=O)NCC(=O)NCCNC(=O)Cc1cccc(Br)c1. The number of amides is 3. The summed E-state index contributed by atoms with van der Waals surface area (Å²) in [4.78, 5) is 34.8. The lowest BCUT2D eigenvalue weighted by molar-refractivity contribution is -0.122. The third kappa shape index (κ3) is 10.4. The number of carbonyl (C=O) groups is 3. The molecule has 0 spiro atoms. The molecule has 25 heavy (non-hydrogen) atoms. The van der Waals surface area contributed by atoms with E-state index in [4.69, 9.17) is 4.74 Å². The van der Waals surface area contributed by atoms with Gasteiger partial charge >= 0.3 is 6.09 Å². The molecule has 0 radical (unpaired) electrons. The summed E-state index contributed by atoms with van der Waals surface area (Å²) in [7, 11) is 0. The van der Waals surface area contributed by atoms with Gasteiger partial charge in [0.1, 0.15) is 5.60 Å². The van der Waals surface area contributed by atoms with Gasteiger partial charge in [-0.05, 0) is 38.5 Å². The molecule has 0 aromatic heterocycles. The van der Waals surface area contributed by atoms with E-state index in [0.717, 1.165) is 10.0 Å². The van der Waals surface area contributed by atoms with Crippen LogP contribution < -0.4 is 16.0 Å². The number of ether oxygens (including phenoxy) is 1. The van der Waals surface area contributed by atoms with Gasteiger partial charge in [-0.3, -0.25) is 9.59 Å². The van der Waals surface area contributed by atoms with Crippen LogP contribution in [0, 0.1) is 0 Å². The molecule has 138 valence electrons. The summed E-state index contributed by atoms with van der Waals surface area (Å²) >= 11 is 3.35. The van der Waals surface area contributed by atoms with Gasteiger partial charge in [0, 0.05) is 17.6 Å². The van der Waals surface area contributed by atoms with Crippen molar-refractivity contribution < 1.29 is 19.1 Å². The second kappa shape index (κ2) is 10.0. The summed E-state index contributed by atoms with van der Waals surface area (Å²) in [6.45, 7) is 5.63. The van der Waals surface area contributed by atoms with Crippen LogP contribution in [-0.4, -0.2) is 43.1 Å². The van der Waals surface area contributed by atoms with Gasteiger partial charge in [0.05, 0.1) is 13.0 Å². The van der Waals surface area contributed by atoms with E-state index in [2.05, 4.69) is 31.9 Å². The molecule has 1 rings (SSSR count). The number of nitrogens with one attached hydrogen (secondary N) is 3. The normalized spacial score (nSPS) is 10.7. The zero-order chi connectivity index (χ0) is 18.9. The van der Waals surface area contributed by atoms with Crippen molar-refractivity contribution in [2.75, 3.05) is 19.6 Å². The monoisotopic (exact) mass is 413 g/mol. The van der Waals surface area contributed by atoms with Gasteiger partial charge in [0.25, 0.3) is 0 Å². The molecule has 3 amide bonds. The summed E-state index contributed by atoms with van der Waals surface area (Å²) in [5.41, 5.74) is 0.289. The zero-order valence-electron chi connectivity index (χ0n) is 14.6. The van der Waals surface area contributed by atoms with Crippen LogP contribution in [0.2, 0.25) is 0 Å². The summed E-state index contributed by atoms with van der Waals surface area (Å²) in [6, 6.07) is 7.50. The third-order valence-corrected chi connectivity index (χ3v) is 3.31. The molecule has 8 heteroatoms. The molecular formula is C17H24BrN3O4. The summed E-state index contributed by atoms with van der Waals surface area (Å²) < 4.78 is 5.94. The topological polar surface area (TPSA) is 96.5 Å². The molecule has 0 saturated carbocycles. The lowest BCUT2D eigenvalue weighted by Crippen LogP contribution is -2.42. The maximum absolute atomic E-state index is 11.8. The molecule has 0 aliphatic rings. The molecular weight excluding hydrogens is 390 g/mol. The van der Waals surface area contributed by atoms with Crippen molar-refractivity contribution in [1.29, 1.82) is 0 Å². The zero-order valence-corrected chi connectivity index (χ0v) is 16.2. The number of hydrogen-bond donors (Lipinski definition) is 3. The summed E-state index contributed by atoms with van der Waals surface area (Å²) in [5, 5.41) is 7.68. The molecule has 0 heterocycles. The molecule has 1 aromatic rings. The van der Waals surface area contributed by atoms with Crippen LogP contribution in [0.3, 0.4) is 0 Å². The Kier molecular flexibility index (Phi) is 8.40. The molecule has 1 aromatic carbocycles. The fourth-order valence-corrected chi connectivity index (χ4v) is 2.27. The van der Waals surface area contributed by atoms with Gasteiger partial charge < -0.3 is 20.7 Å². The molecule has 0 fully saturated rings. The fourth-order valence-electron chi connectivity index (χ4n) is 1.83. The number of rotatable bonds is 7. The largest absolute Gasteiger partial charge is 0.444 e. The first-order chi connectivity index (χ1) is 11.7. The van der Waals surface area contributed by atoms with E-state index in [9.17, 15) is 14.4 Å². The lowest BCUT2D eigenvalue weighted by atomic mass is 10.1. The Hall–Kier alpha value is -2.09. The highest BCUT2D eigenvalue weighted by atomic mass is 79.9. The van der Waals surface area contributed by atoms with Crippen molar-refractivity contribution in [3.63, 3.8) is 0 Å². The van der Waals surface area contributed by atoms with Crippen molar-refractivity contribution in [2.24, 2.45) is 0 Å². The highest BCUT2D eigenvalue weighted by molar-refractivity contribution is 9.10. The first kappa shape index (κ1) is 21.0. The van der Waals surface area contributed by atoms with Gasteiger partial charge in [-0.15, -0.1) is 0 Å². The Morgan fingerprint density at radius 2 is 1.68 bits per heavy atom. The Morgan fingerprint density at radius 3 is 2.28 bits per heavy atom. The molecule has 0 atom stereocenters. The van der Waals surface area contributed by atoms with Crippen LogP contribution in [0.15, 0.2) is 28.7 Å². The van der Waals surface area contributed by atoms with E-state index in [-0.39, 0.29) is 31.3 Å². The Balaban J connectivity index is 2.15. The van der Waals surface area contributed by atoms with Gasteiger partial charge in [-0.25, -0.2) is 4.79 Å². The minimum atomic E-state index is -0.648. The standard InChI is InChI=1S/C17H24BrN3O4/c1-17(2,3)25-16(24)21-11-15(23)20-8-7-19-14(22)10-12-5-4-6-13(18)9-12/h4-6,9H,7-8,10-11H2,1-3H3,(H,19,22)(H,20,23)(H,21,24). The number of alkyl carbamates (subject to hydrolysis) is 1. The summed E-state index contributed by atoms with van der Waals surface area (Å²) in [5.74, 6) is -0.480. The van der Waals surface area contributed by atoms with E-state index < -0.39 is 11.7 Å². The predicted molar refractivity (Wildman–Crippen MR) is 98.1 cm³/mol. The van der Waals surface area contributed by atoms with Gasteiger partial charge in [-0.1, -0.05) is 28.1 Å². The number of benzene rings is 1. The maximum atomic E-state index is 11.8. The molecule has 0 aliphatic carbocycles. The second-order valence-corrected chi connectivity index (χ2v) is 7.28. The highest BCUT2D eigenvalue weighted by Gasteiger charge is 2.16. The summed E-state index contributed by atoms with van der Waals surface area (Å²) in [6.07, 6.45) is -0.377. The Bertz CT molecular complexity index is 614. The Morgan fingerprint density at radius 1 is 1.04 bits per heavy atom. The molecule has 0 unspecified atom stereocenters. The van der Waals surface area contributed by atoms with Crippen molar-refractivity contribution in [3.05, 3.63) is 34.3 Å². The molecule has 7 nitrogen and oxygen atoms in total. The van der Waals surface area contributed by atoms with E-state index in [0.29, 0.717) is 6.54 Å². The smallest absolute Gasteiger partial charge is 0.408 e. The molecule has 3 N–H and O–H groups in total. The average Bonchev–Trinajstić information content (AvgIpc) is 2.48. The van der Waals surface area contributed by atoms with Crippen LogP contribution in [0.4, 0.5) is 4.79 Å². The van der Waals surface area contributed by atoms with Crippen molar-refractivity contribution in [2.45, 2.75) is 32.8 Å². The fraction of sp³-hybridized carbons (Fsp3) is 0.471. The second-order valence-electron chi connectivity index (χ2n) is 6.36. The maximum Gasteiger partial charge on any atom is 0.408 e. The number of hydrogen-bond acceptors (Lipinski definition) is 4. The highest BCUT2D eigenvalue weighted by Crippen LogP contribution is 2.11. The van der Waals surface area contributed by atoms with Crippen LogP contribution in [0.1, 0.15) is 26.3 Å². The minimum Gasteiger partial charge on any atom is -0.444 e. The quantitative estimate of drug-likeness (QED) is 0.593. The van der Waals surface area contributed by atoms with E-state index in [1.165, 1.54) is 0 Å². The van der Waals surface area contributed by atoms with E-state index in [1.807, 2.05) is 24.3 Å². The van der Waals surface area contributed by atoms with Crippen molar-refractivity contribution in [3.8, 4) is 0 Å². The third-order valence-electron chi connectivity index (χ3n) is 2.82. The first-order valence-corrected chi connectivity index (χ1v) is 8.70. The van der Waals surface area contributed by atoms with Crippen LogP contribution in [0.5, 0.6) is 0 Å². The van der Waals surface area contributed by atoms with Crippen LogP contribution >= 0.6 is 15.9 Å². The lowest BCUT2D eigenvalue weighted by Gasteiger charge is -2.19. The van der Waals surface area contributed by atoms with E-state index in [1.54, 1.807) is 20.8 Å². The van der Waals surface area contributed by atoms with Crippen LogP contribution in [0.25, 0.3) is 0 Å². The average molecular weight is 414 g/mol. The molecule has 0 bridgehead atoms. The number of carbonyl (C=O) groups excluding carboxylic acids is 3. The predicted octanol–water partition coefficient (Wildman–Crippen LogP) is 1.75. The number of halogens is 1. The van der Waals surface area contributed by atoms with E-state index >= 15 is 0 Å². The molecule has 0 saturated heterocycles. The van der Waals surface area contributed by atoms with Gasteiger partial charge in [-0.2, -0.15) is 0 Å². The Labute approximate surface area is 156 Å². The van der Waals surface area contributed by atoms with Crippen molar-refractivity contribution in [1.82, 2.24) is 16.0 Å². The minimum absolute atomic E-state index is 0.126. The molecule has 0 aliphatic heterocycles. The van der Waals surface area contributed by atoms with Gasteiger partial charge in [0.15, 0.2) is 0 Å². The van der Waals surface area contributed by atoms with Crippen LogP contribution in [-0.2, 0) is 20.7 Å².